The van der Waals surface area contributed by atoms with Gasteiger partial charge in [-0.2, -0.15) is 0 Å². The third-order valence-electron chi connectivity index (χ3n) is 5.12. The van der Waals surface area contributed by atoms with Crippen LogP contribution in [0.2, 0.25) is 0 Å². The molecule has 1 N–H and O–H groups in total. The number of para-hydroxylation sites is 1. The zero-order valence-corrected chi connectivity index (χ0v) is 15.6. The first kappa shape index (κ1) is 17.5. The third-order valence-corrected chi connectivity index (χ3v) is 5.12. The molecule has 0 aromatic heterocycles. The second-order valence-corrected chi connectivity index (χ2v) is 6.96. The van der Waals surface area contributed by atoms with Crippen LogP contribution in [-0.4, -0.2) is 43.9 Å². The molecule has 6 heteroatoms. The summed E-state index contributed by atoms with van der Waals surface area (Å²) < 4.78 is 10.7. The summed E-state index contributed by atoms with van der Waals surface area (Å²) in [6, 6.07) is 14.2. The topological polar surface area (TPSA) is 54.0 Å². The van der Waals surface area contributed by atoms with Gasteiger partial charge in [-0.3, -0.25) is 0 Å². The normalized spacial score (nSPS) is 16.2. The minimum absolute atomic E-state index is 0.0145. The van der Waals surface area contributed by atoms with Gasteiger partial charge < -0.3 is 24.6 Å². The number of anilines is 1. The monoisotopic (exact) mass is 367 g/mol. The third kappa shape index (κ3) is 3.94. The molecule has 2 aromatic rings. The van der Waals surface area contributed by atoms with E-state index in [1.165, 1.54) is 11.3 Å². The molecule has 2 aromatic carbocycles. The van der Waals surface area contributed by atoms with Crippen LogP contribution in [0.1, 0.15) is 17.5 Å². The number of rotatable bonds is 3. The number of nitrogens with zero attached hydrogens (tertiary/aromatic N) is 2. The van der Waals surface area contributed by atoms with Crippen molar-refractivity contribution in [2.75, 3.05) is 37.9 Å². The van der Waals surface area contributed by atoms with Gasteiger partial charge in [0.25, 0.3) is 0 Å². The van der Waals surface area contributed by atoms with Gasteiger partial charge in [0.05, 0.1) is 0 Å². The maximum absolute atomic E-state index is 12.6. The molecule has 0 aliphatic carbocycles. The van der Waals surface area contributed by atoms with Crippen molar-refractivity contribution < 1.29 is 14.3 Å². The molecule has 1 fully saturated rings. The Morgan fingerprint density at radius 1 is 1.04 bits per heavy atom. The summed E-state index contributed by atoms with van der Waals surface area (Å²) in [4.78, 5) is 16.9. The van der Waals surface area contributed by atoms with Crippen LogP contribution in [0.5, 0.6) is 11.5 Å². The van der Waals surface area contributed by atoms with Crippen LogP contribution < -0.4 is 19.7 Å². The van der Waals surface area contributed by atoms with E-state index in [9.17, 15) is 4.79 Å². The molecule has 4 rings (SSSR count). The Kier molecular flexibility index (Phi) is 5.05. The molecule has 0 atom stereocenters. The van der Waals surface area contributed by atoms with Crippen molar-refractivity contribution in [3.63, 3.8) is 0 Å². The Labute approximate surface area is 159 Å². The molecular weight excluding hydrogens is 342 g/mol. The van der Waals surface area contributed by atoms with Gasteiger partial charge in [-0.25, -0.2) is 4.79 Å². The van der Waals surface area contributed by atoms with E-state index >= 15 is 0 Å². The van der Waals surface area contributed by atoms with E-state index in [1.807, 2.05) is 23.1 Å². The van der Waals surface area contributed by atoms with Crippen molar-refractivity contribution in [3.8, 4) is 11.5 Å². The van der Waals surface area contributed by atoms with Gasteiger partial charge in [-0.05, 0) is 42.7 Å². The maximum atomic E-state index is 12.6. The molecule has 27 heavy (non-hydrogen) atoms. The molecule has 142 valence electrons. The second kappa shape index (κ2) is 7.78. The Bertz CT molecular complexity index is 824. The van der Waals surface area contributed by atoms with Crippen LogP contribution in [-0.2, 0) is 6.54 Å². The fourth-order valence-corrected chi connectivity index (χ4v) is 3.62. The Hall–Kier alpha value is -2.89. The molecule has 2 heterocycles. The number of ether oxygens (including phenoxy) is 2. The lowest BCUT2D eigenvalue weighted by molar-refractivity contribution is 0.174. The first-order valence-electron chi connectivity index (χ1n) is 9.42. The van der Waals surface area contributed by atoms with Crippen LogP contribution >= 0.6 is 0 Å². The van der Waals surface area contributed by atoms with Crippen LogP contribution in [0, 0.1) is 6.92 Å². The highest BCUT2D eigenvalue weighted by Gasteiger charge is 2.20. The number of carbonyl (C=O) groups is 1. The summed E-state index contributed by atoms with van der Waals surface area (Å²) in [5, 5.41) is 3.03. The van der Waals surface area contributed by atoms with E-state index in [-0.39, 0.29) is 12.8 Å². The molecule has 2 aliphatic rings. The predicted octanol–water partition coefficient (Wildman–Crippen LogP) is 3.15. The fraction of sp³-hybridized carbons (Fsp3) is 0.381. The molecule has 6 nitrogen and oxygen atoms in total. The molecule has 2 amide bonds. The lowest BCUT2D eigenvalue weighted by Gasteiger charge is -2.25. The van der Waals surface area contributed by atoms with Gasteiger partial charge in [0, 0.05) is 38.4 Å². The predicted molar refractivity (Wildman–Crippen MR) is 104 cm³/mol. The molecule has 2 aliphatic heterocycles. The number of benzene rings is 2. The van der Waals surface area contributed by atoms with Crippen molar-refractivity contribution in [3.05, 3.63) is 53.6 Å². The highest BCUT2D eigenvalue weighted by atomic mass is 16.7. The van der Waals surface area contributed by atoms with Crippen LogP contribution in [0.3, 0.4) is 0 Å². The van der Waals surface area contributed by atoms with Gasteiger partial charge in [0.2, 0.25) is 6.79 Å². The summed E-state index contributed by atoms with van der Waals surface area (Å²) in [6.45, 7) is 6.19. The van der Waals surface area contributed by atoms with Gasteiger partial charge in [0.15, 0.2) is 11.5 Å². The highest BCUT2D eigenvalue weighted by molar-refractivity contribution is 5.74. The molecule has 0 unspecified atom stereocenters. The summed E-state index contributed by atoms with van der Waals surface area (Å²) in [6.07, 6.45) is 0.964. The van der Waals surface area contributed by atoms with Gasteiger partial charge in [0.1, 0.15) is 0 Å². The summed E-state index contributed by atoms with van der Waals surface area (Å²) >= 11 is 0. The number of aryl methyl sites for hydroxylation is 1. The SMILES string of the molecule is Cc1ccccc1N1CCCN(C(=O)NCc2ccc3c(c2)OCO3)CC1. The molecule has 0 spiro atoms. The first-order valence-corrected chi connectivity index (χ1v) is 9.42. The summed E-state index contributed by atoms with van der Waals surface area (Å²) in [5.74, 6) is 1.50. The minimum Gasteiger partial charge on any atom is -0.454 e. The van der Waals surface area contributed by atoms with E-state index in [1.54, 1.807) is 0 Å². The zero-order valence-electron chi connectivity index (χ0n) is 15.6. The van der Waals surface area contributed by atoms with Crippen molar-refractivity contribution in [1.29, 1.82) is 0 Å². The number of urea groups is 1. The van der Waals surface area contributed by atoms with Crippen LogP contribution in [0.25, 0.3) is 0 Å². The smallest absolute Gasteiger partial charge is 0.317 e. The standard InChI is InChI=1S/C21H25N3O3/c1-16-5-2-3-6-18(16)23-9-4-10-24(12-11-23)21(25)22-14-17-7-8-19-20(13-17)27-15-26-19/h2-3,5-8,13H,4,9-12,14-15H2,1H3,(H,22,25). The summed E-state index contributed by atoms with van der Waals surface area (Å²) in [5.41, 5.74) is 3.54. The zero-order chi connectivity index (χ0) is 18.6. The molecule has 0 radical (unpaired) electrons. The van der Waals surface area contributed by atoms with Gasteiger partial charge in [-0.1, -0.05) is 24.3 Å². The van der Waals surface area contributed by atoms with E-state index in [4.69, 9.17) is 9.47 Å². The number of hydrogen-bond acceptors (Lipinski definition) is 4. The number of hydrogen-bond donors (Lipinski definition) is 1. The van der Waals surface area contributed by atoms with E-state index < -0.39 is 0 Å². The van der Waals surface area contributed by atoms with E-state index in [2.05, 4.69) is 41.4 Å². The quantitative estimate of drug-likeness (QED) is 0.906. The van der Waals surface area contributed by atoms with Crippen LogP contribution in [0.4, 0.5) is 10.5 Å². The number of fused-ring (bicyclic) bond motifs is 1. The largest absolute Gasteiger partial charge is 0.454 e. The first-order chi connectivity index (χ1) is 13.2. The fourth-order valence-electron chi connectivity index (χ4n) is 3.62. The molecule has 1 saturated heterocycles. The lowest BCUT2D eigenvalue weighted by atomic mass is 10.2. The highest BCUT2D eigenvalue weighted by Crippen LogP contribution is 2.32. The number of nitrogens with one attached hydrogen (secondary N) is 1. The Morgan fingerprint density at radius 2 is 1.89 bits per heavy atom. The van der Waals surface area contributed by atoms with Crippen molar-refractivity contribution in [2.24, 2.45) is 0 Å². The summed E-state index contributed by atoms with van der Waals surface area (Å²) in [7, 11) is 0. The number of amides is 2. The van der Waals surface area contributed by atoms with Crippen molar-refractivity contribution in [2.45, 2.75) is 19.9 Å². The Balaban J connectivity index is 1.32. The molecular formula is C21H25N3O3. The average molecular weight is 367 g/mol. The maximum Gasteiger partial charge on any atom is 0.317 e. The second-order valence-electron chi connectivity index (χ2n) is 6.96. The molecule has 0 saturated carbocycles. The minimum atomic E-state index is -0.0145. The van der Waals surface area contributed by atoms with E-state index in [0.717, 1.165) is 49.7 Å². The van der Waals surface area contributed by atoms with Gasteiger partial charge >= 0.3 is 6.03 Å². The van der Waals surface area contributed by atoms with Crippen molar-refractivity contribution in [1.82, 2.24) is 10.2 Å². The van der Waals surface area contributed by atoms with Gasteiger partial charge in [-0.15, -0.1) is 0 Å². The average Bonchev–Trinajstić information content (AvgIpc) is 3.01. The van der Waals surface area contributed by atoms with Crippen LogP contribution in [0.15, 0.2) is 42.5 Å². The molecule has 0 bridgehead atoms. The van der Waals surface area contributed by atoms with E-state index in [0.29, 0.717) is 6.54 Å². The number of carbonyl (C=O) groups excluding carboxylic acids is 1. The lowest BCUT2D eigenvalue weighted by Crippen LogP contribution is -2.41. The van der Waals surface area contributed by atoms with Crippen molar-refractivity contribution >= 4 is 11.7 Å². The Morgan fingerprint density at radius 3 is 2.78 bits per heavy atom.